The van der Waals surface area contributed by atoms with Crippen LogP contribution in [0.25, 0.3) is 0 Å². The molecule has 1 unspecified atom stereocenters. The topological polar surface area (TPSA) is 26.7 Å². The summed E-state index contributed by atoms with van der Waals surface area (Å²) in [5.41, 5.74) is 1.27. The van der Waals surface area contributed by atoms with Crippen LogP contribution >= 0.6 is 0 Å². The van der Waals surface area contributed by atoms with Crippen molar-refractivity contribution in [3.05, 3.63) is 29.6 Å². The summed E-state index contributed by atoms with van der Waals surface area (Å²) in [5, 5.41) is 8.99. The Bertz CT molecular complexity index is 411. The van der Waals surface area contributed by atoms with Crippen molar-refractivity contribution < 1.29 is 9.50 Å². The van der Waals surface area contributed by atoms with E-state index in [4.69, 9.17) is 5.11 Å². The second kappa shape index (κ2) is 5.67. The van der Waals surface area contributed by atoms with E-state index in [1.165, 1.54) is 6.07 Å². The highest BCUT2D eigenvalue weighted by Crippen LogP contribution is 2.23. The summed E-state index contributed by atoms with van der Waals surface area (Å²) in [6.45, 7) is 7.94. The van der Waals surface area contributed by atoms with Gasteiger partial charge in [0.15, 0.2) is 0 Å². The van der Waals surface area contributed by atoms with E-state index in [0.29, 0.717) is 17.3 Å². The minimum absolute atomic E-state index is 0.114. The van der Waals surface area contributed by atoms with Gasteiger partial charge < -0.3 is 10.0 Å². The molecule has 18 heavy (non-hydrogen) atoms. The Morgan fingerprint density at radius 3 is 2.72 bits per heavy atom. The molecular weight excluding hydrogens is 231 g/mol. The van der Waals surface area contributed by atoms with E-state index in [1.54, 1.807) is 12.1 Å². The maximum atomic E-state index is 14.0. The lowest BCUT2D eigenvalue weighted by atomic mass is 10.1. The highest BCUT2D eigenvalue weighted by Gasteiger charge is 2.24. The van der Waals surface area contributed by atoms with E-state index in [-0.39, 0.29) is 12.4 Å². The van der Waals surface area contributed by atoms with Gasteiger partial charge in [0.25, 0.3) is 0 Å². The number of nitrogens with zero attached hydrogens (tertiary/aromatic N) is 2. The number of piperazine rings is 1. The van der Waals surface area contributed by atoms with Crippen LogP contribution in [0.4, 0.5) is 10.1 Å². The van der Waals surface area contributed by atoms with Crippen molar-refractivity contribution in [3.8, 4) is 0 Å². The molecule has 3 nitrogen and oxygen atoms in total. The van der Waals surface area contributed by atoms with Crippen LogP contribution in [0.1, 0.15) is 19.4 Å². The summed E-state index contributed by atoms with van der Waals surface area (Å²) in [6, 6.07) is 5.43. The number of anilines is 1. The molecule has 4 heteroatoms. The molecule has 0 bridgehead atoms. The lowest BCUT2D eigenvalue weighted by Gasteiger charge is -2.40. The molecule has 1 aliphatic heterocycles. The highest BCUT2D eigenvalue weighted by molar-refractivity contribution is 5.49. The highest BCUT2D eigenvalue weighted by atomic mass is 19.1. The average molecular weight is 252 g/mol. The standard InChI is InChI=1S/C14H21FN2O/c1-3-16-6-7-17(9-11(16)2)14-5-4-12(10-18)8-13(14)15/h4-5,8,11,18H,3,6-7,9-10H2,1-2H3. The minimum atomic E-state index is -0.237. The van der Waals surface area contributed by atoms with Crippen molar-refractivity contribution >= 4 is 5.69 Å². The van der Waals surface area contributed by atoms with Gasteiger partial charge in [0.05, 0.1) is 12.3 Å². The Kier molecular flexibility index (Phi) is 4.19. The zero-order chi connectivity index (χ0) is 13.1. The molecule has 1 aliphatic rings. The molecule has 1 heterocycles. The summed E-state index contributed by atoms with van der Waals surface area (Å²) < 4.78 is 14.0. The van der Waals surface area contributed by atoms with Crippen LogP contribution in [-0.4, -0.2) is 42.2 Å². The number of hydrogen-bond acceptors (Lipinski definition) is 3. The first-order chi connectivity index (χ1) is 8.65. The fraction of sp³-hybridized carbons (Fsp3) is 0.571. The van der Waals surface area contributed by atoms with Gasteiger partial charge in [-0.3, -0.25) is 4.90 Å². The van der Waals surface area contributed by atoms with Crippen molar-refractivity contribution in [1.29, 1.82) is 0 Å². The van der Waals surface area contributed by atoms with Crippen LogP contribution in [0.15, 0.2) is 18.2 Å². The van der Waals surface area contributed by atoms with Gasteiger partial charge in [-0.2, -0.15) is 0 Å². The largest absolute Gasteiger partial charge is 0.392 e. The maximum Gasteiger partial charge on any atom is 0.146 e. The van der Waals surface area contributed by atoms with E-state index in [1.807, 2.05) is 0 Å². The van der Waals surface area contributed by atoms with E-state index >= 15 is 0 Å². The van der Waals surface area contributed by atoms with Gasteiger partial charge in [-0.25, -0.2) is 4.39 Å². The van der Waals surface area contributed by atoms with E-state index in [0.717, 1.165) is 26.2 Å². The third-order valence-corrected chi connectivity index (χ3v) is 3.71. The molecule has 0 aliphatic carbocycles. The second-order valence-electron chi connectivity index (χ2n) is 4.87. The summed E-state index contributed by atoms with van der Waals surface area (Å²) >= 11 is 0. The van der Waals surface area contributed by atoms with Crippen LogP contribution in [0.3, 0.4) is 0 Å². The van der Waals surface area contributed by atoms with Crippen LogP contribution < -0.4 is 4.90 Å². The molecule has 0 radical (unpaired) electrons. The monoisotopic (exact) mass is 252 g/mol. The summed E-state index contributed by atoms with van der Waals surface area (Å²) in [7, 11) is 0. The van der Waals surface area contributed by atoms with E-state index < -0.39 is 0 Å². The van der Waals surface area contributed by atoms with Crippen LogP contribution in [-0.2, 0) is 6.61 Å². The SMILES string of the molecule is CCN1CCN(c2ccc(CO)cc2F)CC1C. The predicted octanol–water partition coefficient (Wildman–Crippen LogP) is 1.85. The van der Waals surface area contributed by atoms with Gasteiger partial charge in [-0.15, -0.1) is 0 Å². The average Bonchev–Trinajstić information content (AvgIpc) is 2.38. The lowest BCUT2D eigenvalue weighted by Crippen LogP contribution is -2.51. The summed E-state index contributed by atoms with van der Waals surface area (Å²) in [5.74, 6) is -0.237. The molecule has 1 aromatic carbocycles. The van der Waals surface area contributed by atoms with Crippen molar-refractivity contribution in [1.82, 2.24) is 4.90 Å². The Morgan fingerprint density at radius 2 is 2.17 bits per heavy atom. The van der Waals surface area contributed by atoms with Crippen LogP contribution in [0, 0.1) is 5.82 Å². The first-order valence-corrected chi connectivity index (χ1v) is 6.54. The third-order valence-electron chi connectivity index (χ3n) is 3.71. The maximum absolute atomic E-state index is 14.0. The molecule has 1 N–H and O–H groups in total. The number of aliphatic hydroxyl groups excluding tert-OH is 1. The van der Waals surface area contributed by atoms with Crippen LogP contribution in [0.5, 0.6) is 0 Å². The number of likely N-dealkylation sites (N-methyl/N-ethyl adjacent to an activating group) is 1. The first kappa shape index (κ1) is 13.3. The number of aliphatic hydroxyl groups is 1. The molecule has 1 saturated heterocycles. The third kappa shape index (κ3) is 2.65. The molecule has 1 aromatic rings. The Balaban J connectivity index is 2.13. The van der Waals surface area contributed by atoms with Gasteiger partial charge in [0.1, 0.15) is 5.82 Å². The lowest BCUT2D eigenvalue weighted by molar-refractivity contribution is 0.199. The van der Waals surface area contributed by atoms with Crippen molar-refractivity contribution in [3.63, 3.8) is 0 Å². The fourth-order valence-corrected chi connectivity index (χ4v) is 2.59. The van der Waals surface area contributed by atoms with Gasteiger partial charge in [0, 0.05) is 25.7 Å². The zero-order valence-electron chi connectivity index (χ0n) is 11.1. The number of benzene rings is 1. The number of rotatable bonds is 3. The Hall–Kier alpha value is -1.13. The normalized spacial score (nSPS) is 21.3. The number of halogens is 1. The molecule has 1 fully saturated rings. The molecule has 100 valence electrons. The minimum Gasteiger partial charge on any atom is -0.392 e. The molecule has 0 saturated carbocycles. The van der Waals surface area contributed by atoms with Crippen molar-refractivity contribution in [2.75, 3.05) is 31.1 Å². The van der Waals surface area contributed by atoms with Crippen LogP contribution in [0.2, 0.25) is 0 Å². The van der Waals surface area contributed by atoms with Crippen molar-refractivity contribution in [2.45, 2.75) is 26.5 Å². The summed E-state index contributed by atoms with van der Waals surface area (Å²) in [4.78, 5) is 4.49. The number of hydrogen-bond donors (Lipinski definition) is 1. The molecule has 0 amide bonds. The van der Waals surface area contributed by atoms with Gasteiger partial charge in [-0.1, -0.05) is 13.0 Å². The van der Waals surface area contributed by atoms with Gasteiger partial charge in [0.2, 0.25) is 0 Å². The molecule has 2 rings (SSSR count). The van der Waals surface area contributed by atoms with Crippen molar-refractivity contribution in [2.24, 2.45) is 0 Å². The predicted molar refractivity (Wildman–Crippen MR) is 71.2 cm³/mol. The first-order valence-electron chi connectivity index (χ1n) is 6.54. The smallest absolute Gasteiger partial charge is 0.146 e. The fourth-order valence-electron chi connectivity index (χ4n) is 2.59. The molecular formula is C14H21FN2O. The second-order valence-corrected chi connectivity index (χ2v) is 4.87. The Morgan fingerprint density at radius 1 is 1.39 bits per heavy atom. The van der Waals surface area contributed by atoms with Gasteiger partial charge >= 0.3 is 0 Å². The quantitative estimate of drug-likeness (QED) is 0.889. The van der Waals surface area contributed by atoms with E-state index in [2.05, 4.69) is 23.6 Å². The molecule has 0 spiro atoms. The Labute approximate surface area is 108 Å². The molecule has 1 atom stereocenters. The molecule has 0 aromatic heterocycles. The van der Waals surface area contributed by atoms with Gasteiger partial charge in [-0.05, 0) is 31.2 Å². The zero-order valence-corrected chi connectivity index (χ0v) is 11.1. The summed E-state index contributed by atoms with van der Waals surface area (Å²) in [6.07, 6.45) is 0. The van der Waals surface area contributed by atoms with E-state index in [9.17, 15) is 4.39 Å².